The summed E-state index contributed by atoms with van der Waals surface area (Å²) in [6, 6.07) is 35.9. The first-order chi connectivity index (χ1) is 35.9. The second-order valence-electron chi connectivity index (χ2n) is 17.1. The Balaban J connectivity index is 1.21. The van der Waals surface area contributed by atoms with Gasteiger partial charge in [-0.3, -0.25) is 38.6 Å². The highest BCUT2D eigenvalue weighted by molar-refractivity contribution is 8.27. The zero-order valence-electron chi connectivity index (χ0n) is 39.5. The Kier molecular flexibility index (Phi) is 14.5. The molecule has 2 saturated heterocycles. The normalized spacial score (nSPS) is 17.4. The Bertz CT molecular complexity index is 3100. The van der Waals surface area contributed by atoms with Crippen molar-refractivity contribution in [3.05, 3.63) is 198 Å². The molecule has 4 heterocycles. The van der Waals surface area contributed by atoms with Gasteiger partial charge < -0.3 is 18.9 Å². The molecule has 2 aliphatic carbocycles. The van der Waals surface area contributed by atoms with Gasteiger partial charge in [-0.15, -0.1) is 22.7 Å². The Morgan fingerprint density at radius 2 is 0.770 bits per heavy atom. The van der Waals surface area contributed by atoms with Crippen LogP contribution in [0.4, 0.5) is 0 Å². The lowest BCUT2D eigenvalue weighted by atomic mass is 9.75. The minimum Gasteiger partial charge on any atom is -0.459 e. The highest BCUT2D eigenvalue weighted by Crippen LogP contribution is 2.60. The van der Waals surface area contributed by atoms with E-state index in [2.05, 4.69) is 0 Å². The molecule has 0 bridgehead atoms. The number of allylic oxidation sites excluding steroid dienone is 2. The molecule has 2 aromatic heterocycles. The predicted molar refractivity (Wildman–Crippen MR) is 295 cm³/mol. The highest BCUT2D eigenvalue weighted by Gasteiger charge is 2.63. The zero-order chi connectivity index (χ0) is 51.7. The molecule has 6 aromatic rings. The fraction of sp³-hybridized carbons (Fsp3) is 0.179. The van der Waals surface area contributed by atoms with Gasteiger partial charge >= 0.3 is 23.9 Å². The van der Waals surface area contributed by atoms with E-state index in [1.165, 1.54) is 22.0 Å². The Morgan fingerprint density at radius 3 is 1.03 bits per heavy atom. The molecule has 0 N–H and O–H groups in total. The molecule has 0 radical (unpaired) electrons. The van der Waals surface area contributed by atoms with Crippen LogP contribution in [0, 0.1) is 0 Å². The number of thiocarbonyl (C=S) groups is 2. The molecule has 2 fully saturated rings. The van der Waals surface area contributed by atoms with E-state index in [1.807, 2.05) is 24.3 Å². The van der Waals surface area contributed by atoms with Gasteiger partial charge in [0.25, 0.3) is 11.8 Å². The van der Waals surface area contributed by atoms with Crippen molar-refractivity contribution >= 4 is 137 Å². The van der Waals surface area contributed by atoms with E-state index in [1.54, 1.807) is 123 Å². The number of nitrogens with zero attached hydrogens (tertiary/aromatic N) is 2. The number of rotatable bonds is 16. The van der Waals surface area contributed by atoms with Gasteiger partial charge in [0.2, 0.25) is 10.8 Å². The monoisotopic (exact) mass is 1090 g/mol. The highest BCUT2D eigenvalue weighted by atomic mass is 32.2. The lowest BCUT2D eigenvalue weighted by molar-refractivity contribution is -0.166. The summed E-state index contributed by atoms with van der Waals surface area (Å²) in [6.45, 7) is 3.30. The molecular formula is C56H42N2O10S6. The molecule has 18 heteroatoms. The van der Waals surface area contributed by atoms with E-state index in [0.717, 1.165) is 46.2 Å². The summed E-state index contributed by atoms with van der Waals surface area (Å²) in [5.41, 5.74) is -1.56. The van der Waals surface area contributed by atoms with Crippen LogP contribution in [0.25, 0.3) is 21.6 Å². The number of carbonyl (C=O) groups is 6. The summed E-state index contributed by atoms with van der Waals surface area (Å²) >= 11 is 15.5. The molecule has 10 rings (SSSR count). The number of amides is 2. The van der Waals surface area contributed by atoms with Gasteiger partial charge in [-0.25, -0.2) is 0 Å². The molecule has 0 unspecified atom stereocenters. The first-order valence-electron chi connectivity index (χ1n) is 23.3. The topological polar surface area (TPSA) is 146 Å². The van der Waals surface area contributed by atoms with E-state index in [9.17, 15) is 9.59 Å². The number of benzene rings is 4. The van der Waals surface area contributed by atoms with E-state index in [-0.39, 0.29) is 58.5 Å². The molecule has 372 valence electrons. The summed E-state index contributed by atoms with van der Waals surface area (Å²) in [4.78, 5) is 94.0. The Labute approximate surface area is 452 Å². The second kappa shape index (κ2) is 21.2. The van der Waals surface area contributed by atoms with Crippen molar-refractivity contribution in [3.63, 3.8) is 0 Å². The minimum absolute atomic E-state index is 0.104. The van der Waals surface area contributed by atoms with Gasteiger partial charge in [0.15, 0.2) is 0 Å². The number of hydrogen-bond donors (Lipinski definition) is 0. The first kappa shape index (κ1) is 50.7. The molecule has 0 saturated carbocycles. The molecule has 4 aromatic carbocycles. The summed E-state index contributed by atoms with van der Waals surface area (Å²) in [5.74, 6) is -4.72. The summed E-state index contributed by atoms with van der Waals surface area (Å²) < 4.78 is 26.1. The molecule has 2 aliphatic heterocycles. The smallest absolute Gasteiger partial charge is 0.333 e. The third-order valence-electron chi connectivity index (χ3n) is 12.8. The van der Waals surface area contributed by atoms with Gasteiger partial charge in [-0.2, -0.15) is 0 Å². The van der Waals surface area contributed by atoms with Crippen LogP contribution in [0.5, 0.6) is 0 Å². The Hall–Kier alpha value is -6.80. The predicted octanol–water partition coefficient (Wildman–Crippen LogP) is 10.7. The third-order valence-corrected chi connectivity index (χ3v) is 18.0. The first-order valence-corrected chi connectivity index (χ1v) is 27.4. The van der Waals surface area contributed by atoms with Crippen molar-refractivity contribution in [2.45, 2.75) is 51.1 Å². The van der Waals surface area contributed by atoms with Gasteiger partial charge in [0.1, 0.15) is 35.1 Å². The standard InChI is InChI=1S/C56H42N2O10S6/c1-3-57-47(59)41(73-53(57)69)27-37-25-39-43(55(37,49(61)65-29-33-17-9-5-10-18-33)50(62)66-30-34-19-11-6-12-20-34)45-46(71-39)44-40(72-45)26-38(28-42-48(60)58(4-2)54(70)74-42)56(44,51(63)67-31-35-21-13-7-14-22-35)52(64)68-32-36-23-15-8-16-24-36/h5-28H,3-4,29-32H2,1-2H3/b41-27-,42-28-. The maximum absolute atomic E-state index is 15.5. The molecule has 4 aliphatic rings. The minimum atomic E-state index is -2.37. The van der Waals surface area contributed by atoms with Gasteiger partial charge in [0.05, 0.1) is 19.2 Å². The van der Waals surface area contributed by atoms with Crippen LogP contribution in [0.15, 0.2) is 154 Å². The maximum atomic E-state index is 15.5. The van der Waals surface area contributed by atoms with E-state index in [4.69, 9.17) is 43.4 Å². The fourth-order valence-electron chi connectivity index (χ4n) is 9.17. The number of likely N-dealkylation sites (N-methyl/N-ethyl adjacent to an activating group) is 2. The quantitative estimate of drug-likeness (QED) is 0.0298. The van der Waals surface area contributed by atoms with Crippen molar-refractivity contribution in [1.29, 1.82) is 0 Å². The number of thioether (sulfide) groups is 2. The molecule has 74 heavy (non-hydrogen) atoms. The van der Waals surface area contributed by atoms with Crippen LogP contribution in [-0.4, -0.2) is 67.2 Å². The van der Waals surface area contributed by atoms with Crippen molar-refractivity contribution in [2.75, 3.05) is 13.1 Å². The number of fused-ring (bicyclic) bond motifs is 5. The molecule has 0 atom stereocenters. The van der Waals surface area contributed by atoms with E-state index >= 15 is 19.2 Å². The Morgan fingerprint density at radius 1 is 0.486 bits per heavy atom. The number of thiophene rings is 2. The lowest BCUT2D eigenvalue weighted by Crippen LogP contribution is -2.46. The van der Waals surface area contributed by atoms with E-state index < -0.39 is 46.5 Å². The summed E-state index contributed by atoms with van der Waals surface area (Å²) in [5, 5.41) is 0. The zero-order valence-corrected chi connectivity index (χ0v) is 44.4. The van der Waals surface area contributed by atoms with Crippen LogP contribution >= 0.6 is 70.6 Å². The van der Waals surface area contributed by atoms with Crippen molar-refractivity contribution in [3.8, 4) is 0 Å². The number of carbonyl (C=O) groups excluding carboxylic acids is 6. The van der Waals surface area contributed by atoms with Crippen molar-refractivity contribution in [2.24, 2.45) is 0 Å². The van der Waals surface area contributed by atoms with Gasteiger partial charge in [0, 0.05) is 34.0 Å². The molecular weight excluding hydrogens is 1050 g/mol. The van der Waals surface area contributed by atoms with Crippen molar-refractivity contribution in [1.82, 2.24) is 9.80 Å². The second-order valence-corrected chi connectivity index (χ2v) is 22.6. The average molecular weight is 1100 g/mol. The van der Waals surface area contributed by atoms with Crippen LogP contribution < -0.4 is 0 Å². The number of hydrogen-bond acceptors (Lipinski definition) is 16. The maximum Gasteiger partial charge on any atom is 0.333 e. The van der Waals surface area contributed by atoms with Gasteiger partial charge in [-0.1, -0.05) is 169 Å². The number of esters is 4. The third kappa shape index (κ3) is 8.96. The van der Waals surface area contributed by atoms with Crippen LogP contribution in [0.2, 0.25) is 0 Å². The van der Waals surface area contributed by atoms with Crippen molar-refractivity contribution < 1.29 is 47.7 Å². The number of ether oxygens (including phenoxy) is 4. The summed E-state index contributed by atoms with van der Waals surface area (Å²) in [7, 11) is 0. The fourth-order valence-corrected chi connectivity index (χ4v) is 14.9. The summed E-state index contributed by atoms with van der Waals surface area (Å²) in [6.07, 6.45) is 6.29. The van der Waals surface area contributed by atoms with E-state index in [0.29, 0.717) is 63.1 Å². The average Bonchev–Trinajstić information content (AvgIpc) is 4.27. The molecule has 2 amide bonds. The molecule has 12 nitrogen and oxygen atoms in total. The van der Waals surface area contributed by atoms with Crippen LogP contribution in [0.3, 0.4) is 0 Å². The van der Waals surface area contributed by atoms with Gasteiger partial charge in [-0.05, 0) is 71.6 Å². The molecule has 0 spiro atoms. The van der Waals surface area contributed by atoms with Crippen LogP contribution in [-0.2, 0) is 85.0 Å². The largest absolute Gasteiger partial charge is 0.459 e. The lowest BCUT2D eigenvalue weighted by Gasteiger charge is -2.29. The van der Waals surface area contributed by atoms with Crippen LogP contribution in [0.1, 0.15) is 57.0 Å². The SMILES string of the molecule is CCN1C(=O)/C(=C/C2=Cc3sc4c5c(sc4c3C2(C(=O)OCc2ccccc2)C(=O)OCc2ccccc2)C=C(/C=C2\SC(=S)N(CC)C2=O)C5(C(=O)OCc2ccccc2)C(=O)OCc2ccccc2)SC1=S.